The molecule has 2 aliphatic rings. The predicted molar refractivity (Wildman–Crippen MR) is 75.6 cm³/mol. The number of esters is 2. The van der Waals surface area contributed by atoms with Crippen molar-refractivity contribution >= 4 is 18.0 Å². The van der Waals surface area contributed by atoms with Crippen LogP contribution in [-0.4, -0.2) is 36.0 Å². The summed E-state index contributed by atoms with van der Waals surface area (Å²) in [4.78, 5) is 36.9. The van der Waals surface area contributed by atoms with E-state index in [-0.39, 0.29) is 19.6 Å². The Morgan fingerprint density at radius 3 is 2.73 bits per heavy atom. The summed E-state index contributed by atoms with van der Waals surface area (Å²) in [7, 11) is 0. The summed E-state index contributed by atoms with van der Waals surface area (Å²) in [5, 5.41) is 0. The van der Waals surface area contributed by atoms with E-state index in [1.165, 1.54) is 4.90 Å². The Morgan fingerprint density at radius 2 is 2.05 bits per heavy atom. The van der Waals surface area contributed by atoms with Crippen molar-refractivity contribution in [2.75, 3.05) is 13.1 Å². The summed E-state index contributed by atoms with van der Waals surface area (Å²) in [6, 6.07) is 9.39. The van der Waals surface area contributed by atoms with Crippen LogP contribution >= 0.6 is 0 Å². The standard InChI is InChI=1S/C16H17NO5/c18-13-9-16(14(19)22-13)7-4-8-17(11-16)15(20)21-10-12-5-2-1-3-6-12/h1-3,5-6H,4,7-11H2. The molecular formula is C16H17NO5. The van der Waals surface area contributed by atoms with E-state index in [1.807, 2.05) is 30.3 Å². The molecule has 0 N–H and O–H groups in total. The largest absolute Gasteiger partial charge is 0.445 e. The Balaban J connectivity index is 1.61. The van der Waals surface area contributed by atoms with Crippen LogP contribution in [-0.2, 0) is 25.7 Å². The molecule has 22 heavy (non-hydrogen) atoms. The normalized spacial score (nSPS) is 24.5. The minimum Gasteiger partial charge on any atom is -0.445 e. The Bertz CT molecular complexity index is 600. The number of carbonyl (C=O) groups excluding carboxylic acids is 3. The SMILES string of the molecule is O=C1CC2(CCCN(C(=O)OCc3ccccc3)C2)C(=O)O1. The molecule has 1 amide bonds. The van der Waals surface area contributed by atoms with Crippen LogP contribution in [0, 0.1) is 5.41 Å². The van der Waals surface area contributed by atoms with Gasteiger partial charge in [-0.1, -0.05) is 30.3 Å². The molecule has 3 rings (SSSR count). The van der Waals surface area contributed by atoms with Crippen LogP contribution in [0.4, 0.5) is 4.79 Å². The number of cyclic esters (lactones) is 2. The maximum Gasteiger partial charge on any atom is 0.410 e. The third kappa shape index (κ3) is 2.81. The number of nitrogens with zero attached hydrogens (tertiary/aromatic N) is 1. The molecule has 2 heterocycles. The van der Waals surface area contributed by atoms with E-state index in [0.29, 0.717) is 19.4 Å². The molecule has 1 aromatic rings. The number of piperidine rings is 1. The number of hydrogen-bond acceptors (Lipinski definition) is 5. The fraction of sp³-hybridized carbons (Fsp3) is 0.438. The van der Waals surface area contributed by atoms with Gasteiger partial charge in [0.05, 0.1) is 11.8 Å². The van der Waals surface area contributed by atoms with Gasteiger partial charge >= 0.3 is 18.0 Å². The maximum absolute atomic E-state index is 12.2. The number of likely N-dealkylation sites (tertiary alicyclic amines) is 1. The highest BCUT2D eigenvalue weighted by atomic mass is 16.6. The lowest BCUT2D eigenvalue weighted by Gasteiger charge is -2.36. The summed E-state index contributed by atoms with van der Waals surface area (Å²) in [5.74, 6) is -1.03. The van der Waals surface area contributed by atoms with Crippen LogP contribution in [0.3, 0.4) is 0 Å². The highest BCUT2D eigenvalue weighted by Gasteiger charge is 2.52. The number of carbonyl (C=O) groups is 3. The molecule has 0 radical (unpaired) electrons. The van der Waals surface area contributed by atoms with Gasteiger partial charge in [-0.15, -0.1) is 0 Å². The van der Waals surface area contributed by atoms with Crippen molar-refractivity contribution in [2.24, 2.45) is 5.41 Å². The second-order valence-corrected chi connectivity index (χ2v) is 5.78. The molecule has 2 fully saturated rings. The first-order valence-corrected chi connectivity index (χ1v) is 7.30. The Labute approximate surface area is 128 Å². The zero-order chi connectivity index (χ0) is 15.6. The number of benzene rings is 1. The molecule has 1 atom stereocenters. The molecular weight excluding hydrogens is 286 g/mol. The van der Waals surface area contributed by atoms with Crippen molar-refractivity contribution in [3.05, 3.63) is 35.9 Å². The third-order valence-electron chi connectivity index (χ3n) is 4.16. The highest BCUT2D eigenvalue weighted by molar-refractivity contribution is 5.97. The van der Waals surface area contributed by atoms with Crippen LogP contribution in [0.5, 0.6) is 0 Å². The number of amides is 1. The minimum atomic E-state index is -0.874. The Hall–Kier alpha value is -2.37. The molecule has 2 saturated heterocycles. The zero-order valence-corrected chi connectivity index (χ0v) is 12.1. The molecule has 2 aliphatic heterocycles. The molecule has 1 spiro atoms. The summed E-state index contributed by atoms with van der Waals surface area (Å²) in [6.07, 6.45) is 0.812. The lowest BCUT2D eigenvalue weighted by Crippen LogP contribution is -2.48. The smallest absolute Gasteiger partial charge is 0.410 e. The molecule has 116 valence electrons. The van der Waals surface area contributed by atoms with Gasteiger partial charge in [-0.25, -0.2) is 4.79 Å². The van der Waals surface area contributed by atoms with Gasteiger partial charge in [0.2, 0.25) is 0 Å². The predicted octanol–water partition coefficient (Wildman–Crippen LogP) is 1.88. The molecule has 1 unspecified atom stereocenters. The van der Waals surface area contributed by atoms with Crippen molar-refractivity contribution in [3.8, 4) is 0 Å². The third-order valence-corrected chi connectivity index (χ3v) is 4.16. The number of hydrogen-bond donors (Lipinski definition) is 0. The summed E-state index contributed by atoms with van der Waals surface area (Å²) in [6.45, 7) is 0.897. The van der Waals surface area contributed by atoms with Crippen molar-refractivity contribution in [3.63, 3.8) is 0 Å². The molecule has 0 aromatic heterocycles. The van der Waals surface area contributed by atoms with Crippen LogP contribution in [0.1, 0.15) is 24.8 Å². The summed E-state index contributed by atoms with van der Waals surface area (Å²) < 4.78 is 9.94. The van der Waals surface area contributed by atoms with Crippen LogP contribution in [0.15, 0.2) is 30.3 Å². The van der Waals surface area contributed by atoms with Gasteiger partial charge in [0.15, 0.2) is 0 Å². The van der Waals surface area contributed by atoms with Crippen molar-refractivity contribution in [1.82, 2.24) is 4.90 Å². The first kappa shape index (κ1) is 14.6. The van der Waals surface area contributed by atoms with Gasteiger partial charge in [-0.05, 0) is 18.4 Å². The number of ether oxygens (including phenoxy) is 2. The second-order valence-electron chi connectivity index (χ2n) is 5.78. The van der Waals surface area contributed by atoms with Gasteiger partial charge in [0.1, 0.15) is 6.61 Å². The molecule has 6 nitrogen and oxygen atoms in total. The van der Waals surface area contributed by atoms with Gasteiger partial charge in [-0.3, -0.25) is 9.59 Å². The molecule has 0 saturated carbocycles. The average molecular weight is 303 g/mol. The van der Waals surface area contributed by atoms with Crippen molar-refractivity contribution in [2.45, 2.75) is 25.9 Å². The van der Waals surface area contributed by atoms with E-state index in [1.54, 1.807) is 0 Å². The van der Waals surface area contributed by atoms with E-state index >= 15 is 0 Å². The van der Waals surface area contributed by atoms with E-state index in [4.69, 9.17) is 4.74 Å². The van der Waals surface area contributed by atoms with Gasteiger partial charge in [0.25, 0.3) is 0 Å². The van der Waals surface area contributed by atoms with E-state index in [0.717, 1.165) is 5.56 Å². The van der Waals surface area contributed by atoms with E-state index in [9.17, 15) is 14.4 Å². The van der Waals surface area contributed by atoms with Gasteiger partial charge in [0, 0.05) is 13.1 Å². The van der Waals surface area contributed by atoms with Crippen molar-refractivity contribution in [1.29, 1.82) is 0 Å². The van der Waals surface area contributed by atoms with E-state index in [2.05, 4.69) is 4.74 Å². The molecule has 1 aromatic carbocycles. The molecule has 6 heteroatoms. The van der Waals surface area contributed by atoms with Gasteiger partial charge < -0.3 is 14.4 Å². The first-order chi connectivity index (χ1) is 10.6. The van der Waals surface area contributed by atoms with Crippen LogP contribution in [0.25, 0.3) is 0 Å². The fourth-order valence-corrected chi connectivity index (χ4v) is 3.01. The number of rotatable bonds is 2. The average Bonchev–Trinajstić information content (AvgIpc) is 2.79. The molecule has 0 bridgehead atoms. The topological polar surface area (TPSA) is 72.9 Å². The monoisotopic (exact) mass is 303 g/mol. The van der Waals surface area contributed by atoms with Crippen LogP contribution < -0.4 is 0 Å². The lowest BCUT2D eigenvalue weighted by molar-refractivity contribution is -0.156. The lowest BCUT2D eigenvalue weighted by atomic mass is 9.79. The fourth-order valence-electron chi connectivity index (χ4n) is 3.01. The first-order valence-electron chi connectivity index (χ1n) is 7.30. The quantitative estimate of drug-likeness (QED) is 0.616. The highest BCUT2D eigenvalue weighted by Crippen LogP contribution is 2.39. The molecule has 0 aliphatic carbocycles. The zero-order valence-electron chi connectivity index (χ0n) is 12.1. The summed E-state index contributed by atoms with van der Waals surface area (Å²) >= 11 is 0. The second kappa shape index (κ2) is 5.79. The van der Waals surface area contributed by atoms with E-state index < -0.39 is 23.4 Å². The minimum absolute atomic E-state index is 0.0499. The summed E-state index contributed by atoms with van der Waals surface area (Å²) in [5.41, 5.74) is 0.0270. The Kier molecular flexibility index (Phi) is 3.83. The van der Waals surface area contributed by atoms with Crippen LogP contribution in [0.2, 0.25) is 0 Å². The maximum atomic E-state index is 12.2. The van der Waals surface area contributed by atoms with Crippen molar-refractivity contribution < 1.29 is 23.9 Å². The Morgan fingerprint density at radius 1 is 1.27 bits per heavy atom. The van der Waals surface area contributed by atoms with Gasteiger partial charge in [-0.2, -0.15) is 0 Å².